The molecule has 8 heteroatoms. The third-order valence-corrected chi connectivity index (χ3v) is 1.20. The standard InChI is InChI=1S/C6H8N2S.H2O4S/c1-4-3-5(2)8-6(9)7-4;1-5(2,3)4/h3H,1-2H3,(H,7,8,9);(H2,1,2,3,4). The van der Waals surface area contributed by atoms with Gasteiger partial charge in [-0.1, -0.05) is 0 Å². The van der Waals surface area contributed by atoms with E-state index < -0.39 is 10.4 Å². The molecule has 0 saturated heterocycles. The fourth-order valence-corrected chi connectivity index (χ4v) is 1.04. The van der Waals surface area contributed by atoms with Gasteiger partial charge in [0, 0.05) is 11.4 Å². The van der Waals surface area contributed by atoms with Crippen LogP contribution in [0.2, 0.25) is 0 Å². The first-order valence-corrected chi connectivity index (χ1v) is 5.23. The molecule has 0 aliphatic rings. The van der Waals surface area contributed by atoms with Gasteiger partial charge in [-0.15, -0.1) is 0 Å². The van der Waals surface area contributed by atoms with Gasteiger partial charge < -0.3 is 4.98 Å². The Labute approximate surface area is 86.6 Å². The summed E-state index contributed by atoms with van der Waals surface area (Å²) < 4.78 is 32.1. The van der Waals surface area contributed by atoms with E-state index in [0.717, 1.165) is 11.4 Å². The van der Waals surface area contributed by atoms with Gasteiger partial charge in [-0.2, -0.15) is 8.42 Å². The number of hydrogen-bond donors (Lipinski definition) is 3. The highest BCUT2D eigenvalue weighted by molar-refractivity contribution is 7.79. The van der Waals surface area contributed by atoms with Crippen molar-refractivity contribution in [2.45, 2.75) is 13.8 Å². The number of aromatic nitrogens is 2. The van der Waals surface area contributed by atoms with Gasteiger partial charge >= 0.3 is 10.4 Å². The van der Waals surface area contributed by atoms with Crippen LogP contribution in [0, 0.1) is 18.6 Å². The third kappa shape index (κ3) is 9.26. The van der Waals surface area contributed by atoms with Crippen molar-refractivity contribution in [3.8, 4) is 0 Å². The van der Waals surface area contributed by atoms with E-state index in [1.807, 2.05) is 19.9 Å². The Morgan fingerprint density at radius 1 is 1.43 bits per heavy atom. The Hall–Kier alpha value is -0.830. The molecule has 0 aromatic carbocycles. The van der Waals surface area contributed by atoms with Crippen LogP contribution < -0.4 is 0 Å². The molecule has 14 heavy (non-hydrogen) atoms. The summed E-state index contributed by atoms with van der Waals surface area (Å²) in [4.78, 5) is 6.91. The van der Waals surface area contributed by atoms with E-state index in [4.69, 9.17) is 29.7 Å². The van der Waals surface area contributed by atoms with Crippen LogP contribution in [0.3, 0.4) is 0 Å². The van der Waals surface area contributed by atoms with Crippen LogP contribution in [0.1, 0.15) is 11.4 Å². The first-order chi connectivity index (χ1) is 6.18. The molecule has 1 heterocycles. The zero-order valence-electron chi connectivity index (χ0n) is 7.55. The Balaban J connectivity index is 0.000000292. The molecule has 0 spiro atoms. The van der Waals surface area contributed by atoms with Crippen molar-refractivity contribution < 1.29 is 17.5 Å². The maximum atomic E-state index is 8.74. The van der Waals surface area contributed by atoms with Gasteiger partial charge in [-0.3, -0.25) is 9.11 Å². The molecule has 0 aliphatic carbocycles. The Bertz CT molecular complexity index is 420. The lowest BCUT2D eigenvalue weighted by Crippen LogP contribution is -1.89. The molecule has 0 unspecified atom stereocenters. The second-order valence-electron chi connectivity index (χ2n) is 2.46. The van der Waals surface area contributed by atoms with E-state index in [9.17, 15) is 0 Å². The van der Waals surface area contributed by atoms with E-state index in [0.29, 0.717) is 4.77 Å². The van der Waals surface area contributed by atoms with Crippen molar-refractivity contribution in [1.82, 2.24) is 9.97 Å². The summed E-state index contributed by atoms with van der Waals surface area (Å²) >= 11 is 4.82. The molecule has 0 fully saturated rings. The second kappa shape index (κ2) is 5.15. The van der Waals surface area contributed by atoms with Gasteiger partial charge in [-0.25, -0.2) is 4.98 Å². The predicted octanol–water partition coefficient (Wildman–Crippen LogP) is 1.10. The largest absolute Gasteiger partial charge is 0.394 e. The molecule has 0 amide bonds. The molecule has 0 radical (unpaired) electrons. The van der Waals surface area contributed by atoms with E-state index in [1.165, 1.54) is 0 Å². The van der Waals surface area contributed by atoms with Crippen LogP contribution in [0.5, 0.6) is 0 Å². The molecular formula is C6H10N2O4S2. The lowest BCUT2D eigenvalue weighted by Gasteiger charge is -1.92. The zero-order valence-corrected chi connectivity index (χ0v) is 9.18. The highest BCUT2D eigenvalue weighted by Gasteiger charge is 1.86. The first kappa shape index (κ1) is 13.2. The summed E-state index contributed by atoms with van der Waals surface area (Å²) in [5, 5.41) is 0. The molecule has 6 nitrogen and oxygen atoms in total. The average Bonchev–Trinajstić information content (AvgIpc) is 1.77. The number of rotatable bonds is 0. The number of nitrogens with one attached hydrogen (secondary N) is 1. The van der Waals surface area contributed by atoms with Gasteiger partial charge in [0.25, 0.3) is 0 Å². The predicted molar refractivity (Wildman–Crippen MR) is 53.1 cm³/mol. The number of nitrogens with zero attached hydrogens (tertiary/aromatic N) is 1. The SMILES string of the molecule is Cc1cc(C)[nH]c(=S)n1.O=S(=O)(O)O. The number of H-pyrrole nitrogens is 1. The monoisotopic (exact) mass is 238 g/mol. The normalized spacial score (nSPS) is 10.3. The molecule has 1 aromatic rings. The first-order valence-electron chi connectivity index (χ1n) is 3.43. The van der Waals surface area contributed by atoms with Crippen LogP contribution >= 0.6 is 12.2 Å². The van der Waals surface area contributed by atoms with Gasteiger partial charge in [-0.05, 0) is 32.1 Å². The Kier molecular flexibility index (Phi) is 4.85. The third-order valence-electron chi connectivity index (χ3n) is 1.01. The fraction of sp³-hybridized carbons (Fsp3) is 0.333. The van der Waals surface area contributed by atoms with Crippen molar-refractivity contribution in [3.63, 3.8) is 0 Å². The van der Waals surface area contributed by atoms with Crippen molar-refractivity contribution >= 4 is 22.6 Å². The van der Waals surface area contributed by atoms with Gasteiger partial charge in [0.05, 0.1) is 0 Å². The lowest BCUT2D eigenvalue weighted by atomic mass is 10.4. The van der Waals surface area contributed by atoms with E-state index in [-0.39, 0.29) is 0 Å². The highest BCUT2D eigenvalue weighted by Crippen LogP contribution is 1.93. The summed E-state index contributed by atoms with van der Waals surface area (Å²) in [6.07, 6.45) is 0. The van der Waals surface area contributed by atoms with Crippen molar-refractivity contribution in [2.24, 2.45) is 0 Å². The molecule has 1 aromatic heterocycles. The summed E-state index contributed by atoms with van der Waals surface area (Å²) in [6.45, 7) is 3.89. The molecule has 0 saturated carbocycles. The maximum absolute atomic E-state index is 8.74. The van der Waals surface area contributed by atoms with Crippen LogP contribution in [-0.4, -0.2) is 27.5 Å². The Morgan fingerprint density at radius 3 is 2.14 bits per heavy atom. The van der Waals surface area contributed by atoms with Crippen LogP contribution in [0.15, 0.2) is 6.07 Å². The molecule has 3 N–H and O–H groups in total. The highest BCUT2D eigenvalue weighted by atomic mass is 32.3. The Morgan fingerprint density at radius 2 is 1.86 bits per heavy atom. The number of aromatic amines is 1. The number of aryl methyl sites for hydroxylation is 2. The smallest absolute Gasteiger partial charge is 0.335 e. The van der Waals surface area contributed by atoms with Gasteiger partial charge in [0.2, 0.25) is 0 Å². The van der Waals surface area contributed by atoms with Crippen LogP contribution in [-0.2, 0) is 10.4 Å². The van der Waals surface area contributed by atoms with Crippen molar-refractivity contribution in [1.29, 1.82) is 0 Å². The molecule has 0 aliphatic heterocycles. The minimum absolute atomic E-state index is 0.563. The van der Waals surface area contributed by atoms with Crippen LogP contribution in [0.25, 0.3) is 0 Å². The topological polar surface area (TPSA) is 103 Å². The fourth-order valence-electron chi connectivity index (χ4n) is 0.738. The van der Waals surface area contributed by atoms with Crippen LogP contribution in [0.4, 0.5) is 0 Å². The molecule has 0 bridgehead atoms. The lowest BCUT2D eigenvalue weighted by molar-refractivity contribution is 0.381. The zero-order chi connectivity index (χ0) is 11.4. The van der Waals surface area contributed by atoms with Crippen molar-refractivity contribution in [3.05, 3.63) is 22.2 Å². The summed E-state index contributed by atoms with van der Waals surface area (Å²) in [5.41, 5.74) is 2.03. The molecule has 80 valence electrons. The summed E-state index contributed by atoms with van der Waals surface area (Å²) in [5.74, 6) is 0. The average molecular weight is 238 g/mol. The summed E-state index contributed by atoms with van der Waals surface area (Å²) in [7, 11) is -4.67. The molecule has 0 atom stereocenters. The summed E-state index contributed by atoms with van der Waals surface area (Å²) in [6, 6.07) is 1.95. The number of hydrogen-bond acceptors (Lipinski definition) is 4. The maximum Gasteiger partial charge on any atom is 0.394 e. The van der Waals surface area contributed by atoms with Crippen molar-refractivity contribution in [2.75, 3.05) is 0 Å². The van der Waals surface area contributed by atoms with E-state index in [1.54, 1.807) is 0 Å². The molecule has 1 rings (SSSR count). The minimum atomic E-state index is -4.67. The quantitative estimate of drug-likeness (QED) is 0.462. The van der Waals surface area contributed by atoms with E-state index >= 15 is 0 Å². The van der Waals surface area contributed by atoms with Gasteiger partial charge in [0.15, 0.2) is 4.77 Å². The molecular weight excluding hydrogens is 228 g/mol. The van der Waals surface area contributed by atoms with E-state index in [2.05, 4.69) is 9.97 Å². The minimum Gasteiger partial charge on any atom is -0.335 e. The van der Waals surface area contributed by atoms with Gasteiger partial charge in [0.1, 0.15) is 0 Å². The second-order valence-corrected chi connectivity index (χ2v) is 3.74.